The molecule has 0 aromatic carbocycles. The summed E-state index contributed by atoms with van der Waals surface area (Å²) in [4.78, 5) is 11.0. The Hall–Kier alpha value is 0.235. The van der Waals surface area contributed by atoms with Gasteiger partial charge in [0, 0.05) is 42.8 Å². The van der Waals surface area contributed by atoms with Crippen molar-refractivity contribution in [1.82, 2.24) is 0 Å². The van der Waals surface area contributed by atoms with Gasteiger partial charge < -0.3 is 5.11 Å². The molecule has 0 spiro atoms. The van der Waals surface area contributed by atoms with Crippen molar-refractivity contribution < 1.29 is 9.90 Å². The van der Waals surface area contributed by atoms with Crippen molar-refractivity contribution in [2.24, 2.45) is 0 Å². The van der Waals surface area contributed by atoms with Crippen LogP contribution in [0.25, 0.3) is 0 Å². The Bertz CT molecular complexity index is 200. The smallest absolute Gasteiger partial charge is 0.308 e. The van der Waals surface area contributed by atoms with Crippen LogP contribution in [0.5, 0.6) is 0 Å². The molecule has 1 N–H and O–H groups in total. The molecule has 0 fully saturated rings. The number of thiophene rings is 1. The molecule has 0 bridgehead atoms. The van der Waals surface area contributed by atoms with Gasteiger partial charge >= 0.3 is 5.97 Å². The van der Waals surface area contributed by atoms with Crippen LogP contribution in [0.2, 0.25) is 0 Å². The quantitative estimate of drug-likeness (QED) is 0.670. The summed E-state index contributed by atoms with van der Waals surface area (Å²) < 4.78 is 0. The Morgan fingerprint density at radius 3 is 2.64 bits per heavy atom. The van der Waals surface area contributed by atoms with Gasteiger partial charge in [0.05, 0.1) is 6.42 Å². The predicted octanol–water partition coefficient (Wildman–Crippen LogP) is 0.614. The van der Waals surface area contributed by atoms with Crippen LogP contribution in [0.15, 0.2) is 17.5 Å². The van der Waals surface area contributed by atoms with Crippen LogP contribution in [0.3, 0.4) is 0 Å². The van der Waals surface area contributed by atoms with Crippen molar-refractivity contribution in [3.05, 3.63) is 22.4 Å². The largest absolute Gasteiger partial charge is 0.481 e. The van der Waals surface area contributed by atoms with Crippen LogP contribution in [-0.4, -0.2) is 49.0 Å². The fraction of sp³-hybridized carbons (Fsp3) is 0.167. The van der Waals surface area contributed by atoms with Crippen LogP contribution in [-0.2, 0) is 11.2 Å². The minimum Gasteiger partial charge on any atom is -0.481 e. The molecular formula is C6H6BNaO2S. The van der Waals surface area contributed by atoms with Crippen molar-refractivity contribution >= 4 is 55.3 Å². The number of aliphatic carboxylic acids is 1. The summed E-state index contributed by atoms with van der Waals surface area (Å²) in [6, 6.07) is 3.67. The van der Waals surface area contributed by atoms with Gasteiger partial charge in [-0.25, -0.2) is 0 Å². The number of rotatable bonds is 2. The fourth-order valence-electron chi connectivity index (χ4n) is 0.562. The second-order valence-electron chi connectivity index (χ2n) is 1.65. The number of carboxylic acids is 1. The molecule has 1 heterocycles. The van der Waals surface area contributed by atoms with E-state index in [0.29, 0.717) is 0 Å². The topological polar surface area (TPSA) is 37.3 Å². The van der Waals surface area contributed by atoms with Crippen LogP contribution < -0.4 is 0 Å². The van der Waals surface area contributed by atoms with E-state index in [9.17, 15) is 4.79 Å². The van der Waals surface area contributed by atoms with E-state index in [0.717, 1.165) is 4.88 Å². The molecule has 1 aromatic rings. The molecule has 0 saturated heterocycles. The summed E-state index contributed by atoms with van der Waals surface area (Å²) in [6.45, 7) is 0. The molecule has 1 aromatic heterocycles. The Morgan fingerprint density at radius 1 is 1.64 bits per heavy atom. The van der Waals surface area contributed by atoms with E-state index in [1.807, 2.05) is 17.5 Å². The van der Waals surface area contributed by atoms with Crippen molar-refractivity contribution in [1.29, 1.82) is 0 Å². The number of carboxylic acid groups (broad SMARTS) is 1. The summed E-state index contributed by atoms with van der Waals surface area (Å²) >= 11 is 1.47. The minimum atomic E-state index is -0.766. The number of hydrogen-bond acceptors (Lipinski definition) is 2. The summed E-state index contributed by atoms with van der Waals surface area (Å²) in [6.07, 6.45) is 0.150. The SMILES string of the molecule is O=C(O)Cc1cccs1.[B].[Na]. The second-order valence-corrected chi connectivity index (χ2v) is 2.68. The molecule has 0 aliphatic heterocycles. The van der Waals surface area contributed by atoms with Crippen LogP contribution in [0.4, 0.5) is 0 Å². The monoisotopic (exact) mass is 176 g/mol. The first-order valence-electron chi connectivity index (χ1n) is 2.53. The molecule has 0 atom stereocenters. The fourth-order valence-corrected chi connectivity index (χ4v) is 1.26. The zero-order chi connectivity index (χ0) is 6.69. The molecular weight excluding hydrogens is 170 g/mol. The zero-order valence-corrected chi connectivity index (χ0v) is 9.10. The molecule has 52 valence electrons. The van der Waals surface area contributed by atoms with E-state index in [-0.39, 0.29) is 44.4 Å². The third kappa shape index (κ3) is 5.50. The maximum absolute atomic E-state index is 10.1. The normalized spacial score (nSPS) is 7.64. The first-order chi connectivity index (χ1) is 4.29. The molecule has 5 heteroatoms. The predicted molar refractivity (Wildman–Crippen MR) is 47.2 cm³/mol. The van der Waals surface area contributed by atoms with Gasteiger partial charge in [0.25, 0.3) is 0 Å². The van der Waals surface area contributed by atoms with Crippen LogP contribution in [0, 0.1) is 0 Å². The standard InChI is InChI=1S/C6H6O2S.B.Na/c7-6(8)4-5-2-1-3-9-5;;/h1-3H,4H2,(H,7,8);;. The van der Waals surface area contributed by atoms with Gasteiger partial charge in [-0.2, -0.15) is 0 Å². The Labute approximate surface area is 93.5 Å². The Kier molecular flexibility index (Phi) is 8.68. The molecule has 1 rings (SSSR count). The summed E-state index contributed by atoms with van der Waals surface area (Å²) in [7, 11) is 0. The zero-order valence-electron chi connectivity index (χ0n) is 6.28. The van der Waals surface area contributed by atoms with Gasteiger partial charge in [0.1, 0.15) is 0 Å². The first-order valence-corrected chi connectivity index (χ1v) is 3.41. The van der Waals surface area contributed by atoms with Crippen molar-refractivity contribution in [2.45, 2.75) is 6.42 Å². The molecule has 2 nitrogen and oxygen atoms in total. The maximum Gasteiger partial charge on any atom is 0.308 e. The Balaban J connectivity index is 0. The molecule has 0 saturated carbocycles. The van der Waals surface area contributed by atoms with Crippen LogP contribution >= 0.6 is 11.3 Å². The van der Waals surface area contributed by atoms with Crippen molar-refractivity contribution in [3.63, 3.8) is 0 Å². The molecule has 0 aliphatic rings. The van der Waals surface area contributed by atoms with E-state index in [1.165, 1.54) is 11.3 Å². The maximum atomic E-state index is 10.1. The third-order valence-corrected chi connectivity index (χ3v) is 1.78. The van der Waals surface area contributed by atoms with E-state index < -0.39 is 5.97 Å². The van der Waals surface area contributed by atoms with Crippen molar-refractivity contribution in [3.8, 4) is 0 Å². The Morgan fingerprint density at radius 2 is 2.27 bits per heavy atom. The molecule has 0 aliphatic carbocycles. The van der Waals surface area contributed by atoms with E-state index >= 15 is 0 Å². The molecule has 0 unspecified atom stereocenters. The molecule has 11 heavy (non-hydrogen) atoms. The summed E-state index contributed by atoms with van der Waals surface area (Å²) in [5, 5.41) is 10.2. The number of carbonyl (C=O) groups is 1. The average molecular weight is 176 g/mol. The van der Waals surface area contributed by atoms with E-state index in [1.54, 1.807) is 0 Å². The summed E-state index contributed by atoms with van der Waals surface area (Å²) in [5.74, 6) is -0.766. The van der Waals surface area contributed by atoms with Crippen molar-refractivity contribution in [2.75, 3.05) is 0 Å². The average Bonchev–Trinajstić information content (AvgIpc) is 2.15. The number of hydrogen-bond donors (Lipinski definition) is 1. The van der Waals surface area contributed by atoms with Gasteiger partial charge in [-0.05, 0) is 11.4 Å². The minimum absolute atomic E-state index is 0. The van der Waals surface area contributed by atoms with Crippen LogP contribution in [0.1, 0.15) is 4.88 Å². The second kappa shape index (κ2) is 6.92. The van der Waals surface area contributed by atoms with E-state index in [4.69, 9.17) is 5.11 Å². The molecule has 4 radical (unpaired) electrons. The summed E-state index contributed by atoms with van der Waals surface area (Å²) in [5.41, 5.74) is 0. The van der Waals surface area contributed by atoms with Gasteiger partial charge in [-0.3, -0.25) is 4.79 Å². The van der Waals surface area contributed by atoms with Gasteiger partial charge in [0.15, 0.2) is 0 Å². The van der Waals surface area contributed by atoms with Gasteiger partial charge in [-0.1, -0.05) is 6.07 Å². The first kappa shape index (κ1) is 13.8. The molecule has 0 amide bonds. The van der Waals surface area contributed by atoms with E-state index in [2.05, 4.69) is 0 Å². The third-order valence-electron chi connectivity index (χ3n) is 0.906. The van der Waals surface area contributed by atoms with Gasteiger partial charge in [-0.15, -0.1) is 11.3 Å². The van der Waals surface area contributed by atoms with Gasteiger partial charge in [0.2, 0.25) is 0 Å².